The van der Waals surface area contributed by atoms with Gasteiger partial charge in [0.1, 0.15) is 12.4 Å². The first kappa shape index (κ1) is 22.8. The fourth-order valence-corrected chi connectivity index (χ4v) is 3.43. The first-order valence-electron chi connectivity index (χ1n) is 10.7. The third-order valence-corrected chi connectivity index (χ3v) is 5.15. The van der Waals surface area contributed by atoms with Gasteiger partial charge in [0.2, 0.25) is 0 Å². The van der Waals surface area contributed by atoms with Crippen molar-refractivity contribution in [3.8, 4) is 11.5 Å². The van der Waals surface area contributed by atoms with Crippen LogP contribution in [-0.4, -0.2) is 25.8 Å². The van der Waals surface area contributed by atoms with E-state index in [1.165, 1.54) is 18.3 Å². The van der Waals surface area contributed by atoms with Crippen molar-refractivity contribution >= 4 is 28.6 Å². The van der Waals surface area contributed by atoms with E-state index >= 15 is 0 Å². The summed E-state index contributed by atoms with van der Waals surface area (Å²) >= 11 is 0. The van der Waals surface area contributed by atoms with Crippen LogP contribution < -0.4 is 20.2 Å². The van der Waals surface area contributed by atoms with Gasteiger partial charge in [0.25, 0.3) is 5.91 Å². The molecule has 0 aliphatic heterocycles. The lowest BCUT2D eigenvalue weighted by molar-refractivity contribution is -0.119. The summed E-state index contributed by atoms with van der Waals surface area (Å²) in [7, 11) is 1.57. The Balaban J connectivity index is 1.33. The van der Waals surface area contributed by atoms with Gasteiger partial charge in [0.05, 0.1) is 19.9 Å². The number of hydrazone groups is 1. The van der Waals surface area contributed by atoms with Crippen LogP contribution in [0.2, 0.25) is 0 Å². The predicted molar refractivity (Wildman–Crippen MR) is 132 cm³/mol. The first-order chi connectivity index (χ1) is 16.6. The second-order valence-corrected chi connectivity index (χ2v) is 7.49. The highest BCUT2D eigenvalue weighted by Gasteiger charge is 2.08. The molecule has 6 nitrogen and oxygen atoms in total. The van der Waals surface area contributed by atoms with Crippen molar-refractivity contribution in [2.24, 2.45) is 5.10 Å². The average Bonchev–Trinajstić information content (AvgIpc) is 2.87. The first-order valence-corrected chi connectivity index (χ1v) is 10.7. The molecule has 2 N–H and O–H groups in total. The summed E-state index contributed by atoms with van der Waals surface area (Å²) in [6.45, 7) is 0.412. The molecule has 0 aromatic heterocycles. The zero-order valence-corrected chi connectivity index (χ0v) is 18.6. The van der Waals surface area contributed by atoms with Crippen molar-refractivity contribution < 1.29 is 18.7 Å². The van der Waals surface area contributed by atoms with Gasteiger partial charge < -0.3 is 14.8 Å². The van der Waals surface area contributed by atoms with Gasteiger partial charge in [-0.3, -0.25) is 4.79 Å². The SMILES string of the molecule is COc1cc(/C=N\NC(=O)CNc2ccc(F)cc2)ccc1OCc1cccc2ccccc12. The average molecular weight is 458 g/mol. The van der Waals surface area contributed by atoms with Gasteiger partial charge in [-0.1, -0.05) is 42.5 Å². The van der Waals surface area contributed by atoms with Crippen molar-refractivity contribution in [2.75, 3.05) is 19.0 Å². The van der Waals surface area contributed by atoms with E-state index in [1.807, 2.05) is 36.4 Å². The van der Waals surface area contributed by atoms with Crippen LogP contribution >= 0.6 is 0 Å². The minimum Gasteiger partial charge on any atom is -0.493 e. The number of benzene rings is 4. The van der Waals surface area contributed by atoms with E-state index in [9.17, 15) is 9.18 Å². The van der Waals surface area contributed by atoms with E-state index in [0.717, 1.165) is 21.9 Å². The fraction of sp³-hybridized carbons (Fsp3) is 0.111. The number of nitrogens with one attached hydrogen (secondary N) is 2. The number of nitrogens with zero attached hydrogens (tertiary/aromatic N) is 1. The maximum atomic E-state index is 12.9. The molecule has 4 rings (SSSR count). The number of amides is 1. The number of halogens is 1. The third kappa shape index (κ3) is 5.89. The van der Waals surface area contributed by atoms with E-state index in [4.69, 9.17) is 9.47 Å². The molecule has 0 bridgehead atoms. The second-order valence-electron chi connectivity index (χ2n) is 7.49. The van der Waals surface area contributed by atoms with Gasteiger partial charge in [0, 0.05) is 5.69 Å². The molecule has 0 saturated carbocycles. The number of rotatable bonds is 9. The molecule has 0 spiro atoms. The minimum atomic E-state index is -0.333. The van der Waals surface area contributed by atoms with Crippen LogP contribution in [0.1, 0.15) is 11.1 Å². The van der Waals surface area contributed by atoms with Crippen molar-refractivity contribution in [3.63, 3.8) is 0 Å². The van der Waals surface area contributed by atoms with Gasteiger partial charge in [-0.2, -0.15) is 5.10 Å². The van der Waals surface area contributed by atoms with E-state index in [2.05, 4.69) is 34.0 Å². The standard InChI is InChI=1S/C27H24FN3O3/c1-33-26-15-19(16-30-31-27(32)17-29-23-12-10-22(28)11-13-23)9-14-25(26)34-18-21-7-4-6-20-5-2-3-8-24(20)21/h2-16,29H,17-18H2,1H3,(H,31,32)/b30-16-. The second kappa shape index (κ2) is 11.0. The summed E-state index contributed by atoms with van der Waals surface area (Å²) in [4.78, 5) is 12.0. The maximum Gasteiger partial charge on any atom is 0.259 e. The molecule has 0 saturated heterocycles. The fourth-order valence-electron chi connectivity index (χ4n) is 3.43. The Labute approximate surface area is 197 Å². The Morgan fingerprint density at radius 1 is 0.971 bits per heavy atom. The molecule has 0 aliphatic carbocycles. The van der Waals surface area contributed by atoms with E-state index < -0.39 is 0 Å². The number of carbonyl (C=O) groups excluding carboxylic acids is 1. The Hall–Kier alpha value is -4.39. The van der Waals surface area contributed by atoms with Gasteiger partial charge in [-0.25, -0.2) is 9.82 Å². The molecule has 0 atom stereocenters. The van der Waals surface area contributed by atoms with Crippen LogP contribution in [0.3, 0.4) is 0 Å². The molecule has 7 heteroatoms. The monoisotopic (exact) mass is 457 g/mol. The van der Waals surface area contributed by atoms with Crippen molar-refractivity contribution in [3.05, 3.63) is 102 Å². The molecule has 0 heterocycles. The molecular formula is C27H24FN3O3. The summed E-state index contributed by atoms with van der Waals surface area (Å²) in [5.41, 5.74) is 4.92. The Kier molecular flexibility index (Phi) is 7.35. The molecule has 0 unspecified atom stereocenters. The number of hydrogen-bond acceptors (Lipinski definition) is 5. The lowest BCUT2D eigenvalue weighted by atomic mass is 10.1. The Morgan fingerprint density at radius 3 is 2.59 bits per heavy atom. The van der Waals surface area contributed by atoms with E-state index in [-0.39, 0.29) is 18.3 Å². The Bertz CT molecular complexity index is 1300. The number of methoxy groups -OCH3 is 1. The van der Waals surface area contributed by atoms with Crippen LogP contribution in [0.5, 0.6) is 11.5 Å². The van der Waals surface area contributed by atoms with Crippen LogP contribution in [0.4, 0.5) is 10.1 Å². The third-order valence-electron chi connectivity index (χ3n) is 5.15. The summed E-state index contributed by atoms with van der Waals surface area (Å²) < 4.78 is 24.4. The van der Waals surface area contributed by atoms with Crippen LogP contribution in [0, 0.1) is 5.82 Å². The summed E-state index contributed by atoms with van der Waals surface area (Å²) in [5.74, 6) is 0.510. The number of ether oxygens (including phenoxy) is 2. The highest BCUT2D eigenvalue weighted by molar-refractivity contribution is 5.86. The summed E-state index contributed by atoms with van der Waals surface area (Å²) in [6, 6.07) is 25.5. The zero-order chi connectivity index (χ0) is 23.8. The molecule has 34 heavy (non-hydrogen) atoms. The van der Waals surface area contributed by atoms with Crippen LogP contribution in [0.25, 0.3) is 10.8 Å². The number of carbonyl (C=O) groups is 1. The molecule has 0 aliphatic rings. The summed E-state index contributed by atoms with van der Waals surface area (Å²) in [6.07, 6.45) is 1.52. The molecular weight excluding hydrogens is 433 g/mol. The van der Waals surface area contributed by atoms with Crippen molar-refractivity contribution in [2.45, 2.75) is 6.61 Å². The zero-order valence-electron chi connectivity index (χ0n) is 18.6. The number of anilines is 1. The largest absolute Gasteiger partial charge is 0.493 e. The topological polar surface area (TPSA) is 72.0 Å². The lowest BCUT2D eigenvalue weighted by Gasteiger charge is -2.12. The van der Waals surface area contributed by atoms with Gasteiger partial charge >= 0.3 is 0 Å². The predicted octanol–water partition coefficient (Wildman–Crippen LogP) is 5.13. The van der Waals surface area contributed by atoms with Gasteiger partial charge in [0.15, 0.2) is 11.5 Å². The van der Waals surface area contributed by atoms with E-state index in [1.54, 1.807) is 25.3 Å². The van der Waals surface area contributed by atoms with Gasteiger partial charge in [-0.05, 0) is 64.4 Å². The molecule has 0 fully saturated rings. The molecule has 172 valence electrons. The number of hydrogen-bond donors (Lipinski definition) is 2. The smallest absolute Gasteiger partial charge is 0.259 e. The van der Waals surface area contributed by atoms with Gasteiger partial charge in [-0.15, -0.1) is 0 Å². The molecule has 4 aromatic carbocycles. The minimum absolute atomic E-state index is 0.00718. The van der Waals surface area contributed by atoms with E-state index in [0.29, 0.717) is 23.8 Å². The van der Waals surface area contributed by atoms with Crippen molar-refractivity contribution in [1.82, 2.24) is 5.43 Å². The molecule has 0 radical (unpaired) electrons. The molecule has 4 aromatic rings. The maximum absolute atomic E-state index is 12.9. The highest BCUT2D eigenvalue weighted by atomic mass is 19.1. The normalized spacial score (nSPS) is 10.9. The lowest BCUT2D eigenvalue weighted by Crippen LogP contribution is -2.25. The molecule has 1 amide bonds. The Morgan fingerprint density at radius 2 is 1.76 bits per heavy atom. The number of fused-ring (bicyclic) bond motifs is 1. The van der Waals surface area contributed by atoms with Crippen LogP contribution in [-0.2, 0) is 11.4 Å². The van der Waals surface area contributed by atoms with Crippen molar-refractivity contribution in [1.29, 1.82) is 0 Å². The quantitative estimate of drug-likeness (QED) is 0.270. The highest BCUT2D eigenvalue weighted by Crippen LogP contribution is 2.29. The van der Waals surface area contributed by atoms with Crippen LogP contribution in [0.15, 0.2) is 90.0 Å². The summed E-state index contributed by atoms with van der Waals surface area (Å²) in [5, 5.41) is 9.19.